The molecule has 0 aromatic rings. The molecule has 9 heavy (non-hydrogen) atoms. The quantitative estimate of drug-likeness (QED) is 0.422. The van der Waals surface area contributed by atoms with Crippen molar-refractivity contribution in [3.63, 3.8) is 0 Å². The van der Waals surface area contributed by atoms with Crippen LogP contribution in [0.4, 0.5) is 0 Å². The molecule has 4 N–H and O–H groups in total. The molecule has 0 aromatic heterocycles. The van der Waals surface area contributed by atoms with Crippen LogP contribution >= 0.6 is 0 Å². The predicted octanol–water partition coefficient (Wildman–Crippen LogP) is -1.21. The van der Waals surface area contributed by atoms with Crippen LogP contribution in [0.1, 0.15) is 13.3 Å². The van der Waals surface area contributed by atoms with Gasteiger partial charge < -0.3 is 16.2 Å². The highest BCUT2D eigenvalue weighted by molar-refractivity contribution is 5.75. The van der Waals surface area contributed by atoms with Crippen molar-refractivity contribution >= 4 is 5.91 Å². The van der Waals surface area contributed by atoms with Crippen molar-refractivity contribution in [3.05, 3.63) is 0 Å². The van der Waals surface area contributed by atoms with E-state index < -0.39 is 6.23 Å². The molecule has 0 saturated carbocycles. The van der Waals surface area contributed by atoms with E-state index in [0.717, 1.165) is 0 Å². The molecule has 4 heteroatoms. The van der Waals surface area contributed by atoms with Crippen molar-refractivity contribution in [1.82, 2.24) is 5.32 Å². The Bertz CT molecular complexity index is 93.0. The molecular weight excluding hydrogens is 120 g/mol. The molecule has 0 rings (SSSR count). The van der Waals surface area contributed by atoms with Gasteiger partial charge in [-0.3, -0.25) is 4.79 Å². The van der Waals surface area contributed by atoms with Gasteiger partial charge in [0.15, 0.2) is 0 Å². The standard InChI is InChI=1S/C5H12N2O2/c1-2-5(9)7-3-4(6)8/h4,8H,2-3,6H2,1H3,(H,7,9). The third kappa shape index (κ3) is 5.26. The number of carbonyl (C=O) groups is 1. The highest BCUT2D eigenvalue weighted by Crippen LogP contribution is 1.73. The summed E-state index contributed by atoms with van der Waals surface area (Å²) < 4.78 is 0. The summed E-state index contributed by atoms with van der Waals surface area (Å²) in [5.41, 5.74) is 4.94. The van der Waals surface area contributed by atoms with Crippen LogP contribution < -0.4 is 11.1 Å². The van der Waals surface area contributed by atoms with E-state index in [1.807, 2.05) is 0 Å². The molecule has 0 spiro atoms. The third-order valence-electron chi connectivity index (χ3n) is 0.829. The monoisotopic (exact) mass is 132 g/mol. The Hall–Kier alpha value is -0.610. The van der Waals surface area contributed by atoms with Crippen LogP contribution in [0.5, 0.6) is 0 Å². The molecule has 0 saturated heterocycles. The van der Waals surface area contributed by atoms with Gasteiger partial charge in [0.25, 0.3) is 0 Å². The molecular formula is C5H12N2O2. The van der Waals surface area contributed by atoms with Crippen molar-refractivity contribution in [3.8, 4) is 0 Å². The van der Waals surface area contributed by atoms with Gasteiger partial charge in [-0.25, -0.2) is 0 Å². The molecule has 0 aromatic carbocycles. The van der Waals surface area contributed by atoms with Gasteiger partial charge in [0.05, 0.1) is 6.54 Å². The number of carbonyl (C=O) groups excluding carboxylic acids is 1. The van der Waals surface area contributed by atoms with E-state index in [2.05, 4.69) is 5.32 Å². The van der Waals surface area contributed by atoms with Gasteiger partial charge in [-0.05, 0) is 0 Å². The minimum absolute atomic E-state index is 0.0977. The van der Waals surface area contributed by atoms with E-state index in [4.69, 9.17) is 10.8 Å². The number of nitrogens with one attached hydrogen (secondary N) is 1. The predicted molar refractivity (Wildman–Crippen MR) is 33.5 cm³/mol. The van der Waals surface area contributed by atoms with E-state index >= 15 is 0 Å². The third-order valence-corrected chi connectivity index (χ3v) is 0.829. The first-order valence-corrected chi connectivity index (χ1v) is 2.87. The van der Waals surface area contributed by atoms with Crippen LogP contribution in [0.25, 0.3) is 0 Å². The fraction of sp³-hybridized carbons (Fsp3) is 0.800. The van der Waals surface area contributed by atoms with E-state index in [9.17, 15) is 4.79 Å². The second kappa shape index (κ2) is 4.29. The second-order valence-electron chi connectivity index (χ2n) is 1.72. The van der Waals surface area contributed by atoms with Gasteiger partial charge in [-0.1, -0.05) is 6.92 Å². The molecule has 0 radical (unpaired) electrons. The Kier molecular flexibility index (Phi) is 4.00. The number of amides is 1. The van der Waals surface area contributed by atoms with Crippen LogP contribution in [0, 0.1) is 0 Å². The Morgan fingerprint density at radius 2 is 2.44 bits per heavy atom. The lowest BCUT2D eigenvalue weighted by molar-refractivity contribution is -0.121. The first kappa shape index (κ1) is 8.39. The number of nitrogens with two attached hydrogens (primary N) is 1. The zero-order chi connectivity index (χ0) is 7.28. The largest absolute Gasteiger partial charge is 0.377 e. The Balaban J connectivity index is 3.17. The van der Waals surface area contributed by atoms with E-state index in [1.54, 1.807) is 6.92 Å². The van der Waals surface area contributed by atoms with Crippen LogP contribution in [0.2, 0.25) is 0 Å². The molecule has 0 heterocycles. The molecule has 4 nitrogen and oxygen atoms in total. The van der Waals surface area contributed by atoms with Gasteiger partial charge in [-0.2, -0.15) is 0 Å². The minimum Gasteiger partial charge on any atom is -0.377 e. The summed E-state index contributed by atoms with van der Waals surface area (Å²) in [6.07, 6.45) is -0.521. The number of rotatable bonds is 3. The van der Waals surface area contributed by atoms with Crippen LogP contribution in [-0.4, -0.2) is 23.8 Å². The summed E-state index contributed by atoms with van der Waals surface area (Å²) in [5, 5.41) is 10.9. The van der Waals surface area contributed by atoms with Gasteiger partial charge in [0.2, 0.25) is 5.91 Å². The van der Waals surface area contributed by atoms with E-state index in [0.29, 0.717) is 6.42 Å². The molecule has 1 amide bonds. The maximum atomic E-state index is 10.4. The average Bonchev–Trinajstić information content (AvgIpc) is 1.83. The Morgan fingerprint density at radius 3 is 2.78 bits per heavy atom. The van der Waals surface area contributed by atoms with Gasteiger partial charge in [0, 0.05) is 6.42 Å². The van der Waals surface area contributed by atoms with Gasteiger partial charge in [0.1, 0.15) is 6.23 Å². The number of aliphatic hydroxyl groups is 1. The van der Waals surface area contributed by atoms with Gasteiger partial charge >= 0.3 is 0 Å². The maximum Gasteiger partial charge on any atom is 0.219 e. The molecule has 54 valence electrons. The Morgan fingerprint density at radius 1 is 1.89 bits per heavy atom. The first-order valence-electron chi connectivity index (χ1n) is 2.87. The Labute approximate surface area is 54.0 Å². The number of aliphatic hydroxyl groups excluding tert-OH is 1. The van der Waals surface area contributed by atoms with Crippen molar-refractivity contribution in [1.29, 1.82) is 0 Å². The molecule has 1 atom stereocenters. The molecule has 0 fully saturated rings. The number of hydrogen-bond acceptors (Lipinski definition) is 3. The van der Waals surface area contributed by atoms with Crippen molar-refractivity contribution in [2.75, 3.05) is 6.54 Å². The average molecular weight is 132 g/mol. The fourth-order valence-corrected chi connectivity index (χ4v) is 0.343. The van der Waals surface area contributed by atoms with Crippen molar-refractivity contribution in [2.45, 2.75) is 19.6 Å². The first-order chi connectivity index (χ1) is 4.16. The molecule has 0 aliphatic rings. The van der Waals surface area contributed by atoms with E-state index in [-0.39, 0.29) is 12.5 Å². The molecule has 0 aliphatic carbocycles. The summed E-state index contributed by atoms with van der Waals surface area (Å²) in [6, 6.07) is 0. The summed E-state index contributed by atoms with van der Waals surface area (Å²) in [7, 11) is 0. The zero-order valence-corrected chi connectivity index (χ0v) is 5.42. The summed E-state index contributed by atoms with van der Waals surface area (Å²) in [5.74, 6) is -0.0977. The highest BCUT2D eigenvalue weighted by atomic mass is 16.3. The van der Waals surface area contributed by atoms with Crippen LogP contribution in [-0.2, 0) is 4.79 Å². The fourth-order valence-electron chi connectivity index (χ4n) is 0.343. The second-order valence-corrected chi connectivity index (χ2v) is 1.72. The lowest BCUT2D eigenvalue weighted by Crippen LogP contribution is -2.36. The highest BCUT2D eigenvalue weighted by Gasteiger charge is 1.97. The molecule has 0 bridgehead atoms. The lowest BCUT2D eigenvalue weighted by atomic mass is 10.4. The van der Waals surface area contributed by atoms with Crippen LogP contribution in [0.15, 0.2) is 0 Å². The summed E-state index contributed by atoms with van der Waals surface area (Å²) in [4.78, 5) is 10.4. The van der Waals surface area contributed by atoms with Gasteiger partial charge in [-0.15, -0.1) is 0 Å². The number of hydrogen-bond donors (Lipinski definition) is 3. The molecule has 1 unspecified atom stereocenters. The van der Waals surface area contributed by atoms with Crippen molar-refractivity contribution < 1.29 is 9.90 Å². The molecule has 0 aliphatic heterocycles. The minimum atomic E-state index is -0.944. The van der Waals surface area contributed by atoms with Crippen LogP contribution in [0.3, 0.4) is 0 Å². The summed E-state index contributed by atoms with van der Waals surface area (Å²) in [6.45, 7) is 1.87. The smallest absolute Gasteiger partial charge is 0.219 e. The maximum absolute atomic E-state index is 10.4. The zero-order valence-electron chi connectivity index (χ0n) is 5.42. The lowest BCUT2D eigenvalue weighted by Gasteiger charge is -2.04. The topological polar surface area (TPSA) is 75.4 Å². The van der Waals surface area contributed by atoms with Crippen molar-refractivity contribution in [2.24, 2.45) is 5.73 Å². The summed E-state index contributed by atoms with van der Waals surface area (Å²) >= 11 is 0. The normalized spacial score (nSPS) is 12.8. The SMILES string of the molecule is CCC(=O)NCC(N)O. The van der Waals surface area contributed by atoms with E-state index in [1.165, 1.54) is 0 Å².